The van der Waals surface area contributed by atoms with Crippen LogP contribution in [0.3, 0.4) is 0 Å². The fourth-order valence-corrected chi connectivity index (χ4v) is 0.815. The van der Waals surface area contributed by atoms with E-state index in [0.717, 1.165) is 6.54 Å². The number of hydrogen-bond acceptors (Lipinski definition) is 2. The molecule has 1 heterocycles. The van der Waals surface area contributed by atoms with Crippen molar-refractivity contribution in [1.29, 1.82) is 0 Å². The Morgan fingerprint density at radius 1 is 1.57 bits per heavy atom. The number of rotatable bonds is 0. The predicted molar refractivity (Wildman–Crippen MR) is 29.8 cm³/mol. The maximum absolute atomic E-state index is 3.13. The van der Waals surface area contributed by atoms with E-state index in [2.05, 4.69) is 17.8 Å². The number of hydrazine groups is 1. The third kappa shape index (κ3) is 1.45. The van der Waals surface area contributed by atoms with Gasteiger partial charge in [-0.2, -0.15) is 0 Å². The lowest BCUT2D eigenvalue weighted by Gasteiger charge is -2.19. The first-order chi connectivity index (χ1) is 3.39. The van der Waals surface area contributed by atoms with Crippen LogP contribution in [0.2, 0.25) is 0 Å². The molecule has 0 amide bonds. The van der Waals surface area contributed by atoms with Crippen molar-refractivity contribution in [2.45, 2.75) is 25.8 Å². The van der Waals surface area contributed by atoms with E-state index in [4.69, 9.17) is 0 Å². The van der Waals surface area contributed by atoms with Crippen LogP contribution in [-0.4, -0.2) is 12.6 Å². The minimum absolute atomic E-state index is 0.675. The number of hydrogen-bond donors (Lipinski definition) is 2. The molecule has 0 aliphatic carbocycles. The zero-order chi connectivity index (χ0) is 5.11. The van der Waals surface area contributed by atoms with Gasteiger partial charge in [0.05, 0.1) is 0 Å². The molecule has 1 fully saturated rings. The fourth-order valence-electron chi connectivity index (χ4n) is 0.815. The lowest BCUT2D eigenvalue weighted by Crippen LogP contribution is -2.43. The van der Waals surface area contributed by atoms with E-state index in [1.165, 1.54) is 12.8 Å². The van der Waals surface area contributed by atoms with Gasteiger partial charge in [0.2, 0.25) is 0 Å². The van der Waals surface area contributed by atoms with Crippen molar-refractivity contribution >= 4 is 0 Å². The van der Waals surface area contributed by atoms with Gasteiger partial charge in [0.25, 0.3) is 0 Å². The van der Waals surface area contributed by atoms with E-state index >= 15 is 0 Å². The molecule has 0 aromatic heterocycles. The molecule has 1 saturated heterocycles. The first kappa shape index (κ1) is 5.06. The molecule has 0 aromatic rings. The Hall–Kier alpha value is -0.0800. The number of nitrogens with one attached hydrogen (secondary N) is 2. The molecule has 1 rings (SSSR count). The van der Waals surface area contributed by atoms with Crippen molar-refractivity contribution in [3.8, 4) is 0 Å². The highest BCUT2D eigenvalue weighted by Gasteiger charge is 2.03. The zero-order valence-corrected chi connectivity index (χ0v) is 4.70. The van der Waals surface area contributed by atoms with E-state index in [1.54, 1.807) is 0 Å². The van der Waals surface area contributed by atoms with E-state index in [0.29, 0.717) is 6.04 Å². The largest absolute Gasteiger partial charge is 0.258 e. The molecule has 1 aliphatic heterocycles. The Balaban J connectivity index is 2.12. The quantitative estimate of drug-likeness (QED) is 0.456. The molecule has 0 saturated carbocycles. The smallest absolute Gasteiger partial charge is 0.0185 e. The van der Waals surface area contributed by atoms with Crippen molar-refractivity contribution in [2.75, 3.05) is 6.54 Å². The summed E-state index contributed by atoms with van der Waals surface area (Å²) >= 11 is 0. The molecule has 0 aromatic carbocycles. The van der Waals surface area contributed by atoms with Crippen LogP contribution in [0, 0.1) is 0 Å². The molecule has 42 valence electrons. The van der Waals surface area contributed by atoms with Crippen molar-refractivity contribution in [3.05, 3.63) is 0 Å². The van der Waals surface area contributed by atoms with Gasteiger partial charge in [-0.3, -0.25) is 10.9 Å². The van der Waals surface area contributed by atoms with Crippen LogP contribution in [-0.2, 0) is 0 Å². The van der Waals surface area contributed by atoms with Crippen molar-refractivity contribution < 1.29 is 0 Å². The Bertz CT molecular complexity index is 48.0. The second-order valence-corrected chi connectivity index (χ2v) is 2.11. The average molecular weight is 100 g/mol. The molecule has 0 spiro atoms. The summed E-state index contributed by atoms with van der Waals surface area (Å²) < 4.78 is 0. The molecular formula is C5H12N2. The van der Waals surface area contributed by atoms with Gasteiger partial charge < -0.3 is 0 Å². The molecule has 0 unspecified atom stereocenters. The van der Waals surface area contributed by atoms with E-state index in [1.807, 2.05) is 0 Å². The van der Waals surface area contributed by atoms with E-state index < -0.39 is 0 Å². The fraction of sp³-hybridized carbons (Fsp3) is 1.00. The molecule has 1 atom stereocenters. The van der Waals surface area contributed by atoms with Gasteiger partial charge in [-0.05, 0) is 19.8 Å². The Kier molecular flexibility index (Phi) is 1.65. The second kappa shape index (κ2) is 2.28. The summed E-state index contributed by atoms with van der Waals surface area (Å²) in [5, 5.41) is 0. The lowest BCUT2D eigenvalue weighted by molar-refractivity contribution is 0.362. The lowest BCUT2D eigenvalue weighted by atomic mass is 10.2. The summed E-state index contributed by atoms with van der Waals surface area (Å²) in [6.45, 7) is 3.32. The highest BCUT2D eigenvalue weighted by atomic mass is 15.4. The summed E-state index contributed by atoms with van der Waals surface area (Å²) in [7, 11) is 0. The van der Waals surface area contributed by atoms with Gasteiger partial charge in [-0.15, -0.1) is 0 Å². The maximum atomic E-state index is 3.13. The van der Waals surface area contributed by atoms with Gasteiger partial charge >= 0.3 is 0 Å². The third-order valence-electron chi connectivity index (χ3n) is 1.29. The van der Waals surface area contributed by atoms with Gasteiger partial charge in [0, 0.05) is 12.6 Å². The normalized spacial score (nSPS) is 33.0. The topological polar surface area (TPSA) is 24.1 Å². The van der Waals surface area contributed by atoms with Crippen LogP contribution >= 0.6 is 0 Å². The van der Waals surface area contributed by atoms with Crippen LogP contribution in [0.25, 0.3) is 0 Å². The van der Waals surface area contributed by atoms with Crippen LogP contribution in [0.15, 0.2) is 0 Å². The van der Waals surface area contributed by atoms with Crippen LogP contribution in [0.4, 0.5) is 0 Å². The first-order valence-corrected chi connectivity index (χ1v) is 2.88. The minimum atomic E-state index is 0.675. The SMILES string of the molecule is C[C@H]1CCCNN1. The monoisotopic (exact) mass is 100 g/mol. The highest BCUT2D eigenvalue weighted by Crippen LogP contribution is 1.96. The molecule has 0 radical (unpaired) electrons. The summed E-state index contributed by atoms with van der Waals surface area (Å²) in [6.07, 6.45) is 2.63. The summed E-state index contributed by atoms with van der Waals surface area (Å²) in [6, 6.07) is 0.675. The van der Waals surface area contributed by atoms with Crippen molar-refractivity contribution in [2.24, 2.45) is 0 Å². The van der Waals surface area contributed by atoms with E-state index in [9.17, 15) is 0 Å². The molecular weight excluding hydrogens is 88.1 g/mol. The Morgan fingerprint density at radius 3 is 2.71 bits per heavy atom. The van der Waals surface area contributed by atoms with Gasteiger partial charge in [0.1, 0.15) is 0 Å². The third-order valence-corrected chi connectivity index (χ3v) is 1.29. The van der Waals surface area contributed by atoms with Gasteiger partial charge in [0.15, 0.2) is 0 Å². The van der Waals surface area contributed by atoms with Gasteiger partial charge in [-0.25, -0.2) is 0 Å². The van der Waals surface area contributed by atoms with E-state index in [-0.39, 0.29) is 0 Å². The van der Waals surface area contributed by atoms with Crippen molar-refractivity contribution in [3.63, 3.8) is 0 Å². The Labute approximate surface area is 44.3 Å². The summed E-state index contributed by atoms with van der Waals surface area (Å²) in [5.74, 6) is 0. The summed E-state index contributed by atoms with van der Waals surface area (Å²) in [4.78, 5) is 0. The second-order valence-electron chi connectivity index (χ2n) is 2.11. The standard InChI is InChI=1S/C5H12N2/c1-5-3-2-4-6-7-5/h5-7H,2-4H2,1H3/t5-/m0/s1. The highest BCUT2D eigenvalue weighted by molar-refractivity contribution is 4.62. The van der Waals surface area contributed by atoms with Crippen LogP contribution in [0.5, 0.6) is 0 Å². The van der Waals surface area contributed by atoms with Crippen LogP contribution < -0.4 is 10.9 Å². The predicted octanol–water partition coefficient (Wildman–Crippen LogP) is 0.263. The molecule has 7 heavy (non-hydrogen) atoms. The Morgan fingerprint density at radius 2 is 2.43 bits per heavy atom. The summed E-state index contributed by atoms with van der Waals surface area (Å²) in [5.41, 5.74) is 6.22. The van der Waals surface area contributed by atoms with Crippen molar-refractivity contribution in [1.82, 2.24) is 10.9 Å². The maximum Gasteiger partial charge on any atom is 0.0185 e. The average Bonchev–Trinajstić information content (AvgIpc) is 1.69. The first-order valence-electron chi connectivity index (χ1n) is 2.88. The van der Waals surface area contributed by atoms with Gasteiger partial charge in [-0.1, -0.05) is 0 Å². The van der Waals surface area contributed by atoms with Crippen LogP contribution in [0.1, 0.15) is 19.8 Å². The zero-order valence-electron chi connectivity index (χ0n) is 4.70. The molecule has 0 bridgehead atoms. The molecule has 2 nitrogen and oxygen atoms in total. The molecule has 2 N–H and O–H groups in total. The molecule has 1 aliphatic rings. The molecule has 2 heteroatoms. The minimum Gasteiger partial charge on any atom is -0.258 e.